The Balaban J connectivity index is 1.74. The number of anilines is 1. The molecule has 2 rings (SSSR count). The monoisotopic (exact) mass is 295 g/mol. The Morgan fingerprint density at radius 1 is 1.16 bits per heavy atom. The average Bonchev–Trinajstić information content (AvgIpc) is 2.91. The second kappa shape index (κ2) is 8.14. The molecule has 0 aliphatic carbocycles. The Morgan fingerprint density at radius 2 is 2.00 bits per heavy atom. The predicted octanol–water partition coefficient (Wildman–Crippen LogP) is 3.01. The lowest BCUT2D eigenvalue weighted by Gasteiger charge is -2.00. The number of unbranched alkanes of at least 4 members (excludes halogenated alkanes) is 1. The number of aliphatic hydroxyl groups is 1. The smallest absolute Gasteiger partial charge is 0.206 e. The van der Waals surface area contributed by atoms with Crippen LogP contribution in [0.5, 0.6) is 0 Å². The highest BCUT2D eigenvalue weighted by Crippen LogP contribution is 2.26. The first kappa shape index (κ1) is 14.3. The maximum Gasteiger partial charge on any atom is 0.206 e. The van der Waals surface area contributed by atoms with Crippen LogP contribution in [0.2, 0.25) is 0 Å². The number of rotatable bonds is 8. The van der Waals surface area contributed by atoms with Crippen molar-refractivity contribution in [3.63, 3.8) is 0 Å². The first-order chi connectivity index (χ1) is 9.38. The number of nitrogens with one attached hydrogen (secondary N) is 1. The van der Waals surface area contributed by atoms with Gasteiger partial charge in [-0.05, 0) is 18.4 Å². The molecule has 0 radical (unpaired) electrons. The van der Waals surface area contributed by atoms with Gasteiger partial charge >= 0.3 is 0 Å². The summed E-state index contributed by atoms with van der Waals surface area (Å²) in [6, 6.07) is 10.2. The normalized spacial score (nSPS) is 10.6. The van der Waals surface area contributed by atoms with Crippen molar-refractivity contribution in [1.29, 1.82) is 0 Å². The summed E-state index contributed by atoms with van der Waals surface area (Å²) in [4.78, 5) is 0. The van der Waals surface area contributed by atoms with Crippen LogP contribution in [-0.2, 0) is 6.54 Å². The third-order valence-corrected chi connectivity index (χ3v) is 4.57. The standard InChI is InChI=1S/C13H17N3OS2/c17-8-4-5-9-18-13-16-15-12(19-13)14-10-11-6-2-1-3-7-11/h1-3,6-7,17H,4-5,8-10H2,(H,14,15). The van der Waals surface area contributed by atoms with Crippen LogP contribution in [0.25, 0.3) is 0 Å². The van der Waals surface area contributed by atoms with Gasteiger partial charge in [0.2, 0.25) is 5.13 Å². The van der Waals surface area contributed by atoms with Crippen molar-refractivity contribution in [2.24, 2.45) is 0 Å². The van der Waals surface area contributed by atoms with E-state index >= 15 is 0 Å². The summed E-state index contributed by atoms with van der Waals surface area (Å²) in [5, 5.41) is 21.1. The van der Waals surface area contributed by atoms with E-state index in [9.17, 15) is 0 Å². The van der Waals surface area contributed by atoms with Gasteiger partial charge in [0.05, 0.1) is 0 Å². The number of hydrogen-bond donors (Lipinski definition) is 2. The molecule has 1 heterocycles. The topological polar surface area (TPSA) is 58.0 Å². The average molecular weight is 295 g/mol. The van der Waals surface area contributed by atoms with Crippen LogP contribution in [0.4, 0.5) is 5.13 Å². The molecule has 1 aromatic heterocycles. The van der Waals surface area contributed by atoms with Crippen molar-refractivity contribution >= 4 is 28.2 Å². The number of aromatic nitrogens is 2. The second-order valence-electron chi connectivity index (χ2n) is 3.99. The molecule has 1 aromatic carbocycles. The van der Waals surface area contributed by atoms with Crippen LogP contribution >= 0.6 is 23.1 Å². The maximum absolute atomic E-state index is 8.70. The Bertz CT molecular complexity index is 476. The Hall–Kier alpha value is -1.11. The molecule has 0 fully saturated rings. The fourth-order valence-corrected chi connectivity index (χ4v) is 3.30. The Kier molecular flexibility index (Phi) is 6.13. The lowest BCUT2D eigenvalue weighted by atomic mass is 10.2. The maximum atomic E-state index is 8.70. The molecular weight excluding hydrogens is 278 g/mol. The Labute approximate surface area is 121 Å². The van der Waals surface area contributed by atoms with E-state index in [1.165, 1.54) is 5.56 Å². The third-order valence-electron chi connectivity index (χ3n) is 2.47. The van der Waals surface area contributed by atoms with Gasteiger partial charge in [-0.2, -0.15) is 0 Å². The molecule has 0 aliphatic heterocycles. The van der Waals surface area contributed by atoms with Gasteiger partial charge < -0.3 is 10.4 Å². The molecule has 0 unspecified atom stereocenters. The van der Waals surface area contributed by atoms with E-state index in [0.717, 1.165) is 34.6 Å². The Morgan fingerprint density at radius 3 is 2.79 bits per heavy atom. The van der Waals surface area contributed by atoms with Gasteiger partial charge in [-0.3, -0.25) is 0 Å². The van der Waals surface area contributed by atoms with Crippen molar-refractivity contribution in [1.82, 2.24) is 10.2 Å². The minimum atomic E-state index is 0.264. The minimum Gasteiger partial charge on any atom is -0.396 e. The largest absolute Gasteiger partial charge is 0.396 e. The quantitative estimate of drug-likeness (QED) is 0.579. The van der Waals surface area contributed by atoms with E-state index in [1.54, 1.807) is 23.1 Å². The molecule has 0 amide bonds. The van der Waals surface area contributed by atoms with E-state index in [1.807, 2.05) is 18.2 Å². The zero-order valence-corrected chi connectivity index (χ0v) is 12.2. The molecule has 0 atom stereocenters. The van der Waals surface area contributed by atoms with Crippen molar-refractivity contribution < 1.29 is 5.11 Å². The molecule has 2 N–H and O–H groups in total. The number of hydrogen-bond acceptors (Lipinski definition) is 6. The second-order valence-corrected chi connectivity index (χ2v) is 6.31. The molecule has 19 heavy (non-hydrogen) atoms. The molecule has 2 aromatic rings. The van der Waals surface area contributed by atoms with Gasteiger partial charge in [-0.15, -0.1) is 10.2 Å². The zero-order valence-electron chi connectivity index (χ0n) is 10.6. The predicted molar refractivity (Wildman–Crippen MR) is 80.7 cm³/mol. The molecular formula is C13H17N3OS2. The highest BCUT2D eigenvalue weighted by molar-refractivity contribution is 8.01. The molecule has 0 aliphatic rings. The van der Waals surface area contributed by atoms with E-state index < -0.39 is 0 Å². The number of thioether (sulfide) groups is 1. The summed E-state index contributed by atoms with van der Waals surface area (Å²) in [7, 11) is 0. The van der Waals surface area contributed by atoms with Gasteiger partial charge in [0, 0.05) is 18.9 Å². The van der Waals surface area contributed by atoms with Crippen molar-refractivity contribution in [2.45, 2.75) is 23.7 Å². The van der Waals surface area contributed by atoms with Gasteiger partial charge in [0.25, 0.3) is 0 Å². The first-order valence-electron chi connectivity index (χ1n) is 6.23. The van der Waals surface area contributed by atoms with Crippen LogP contribution in [0.1, 0.15) is 18.4 Å². The fourth-order valence-electron chi connectivity index (χ4n) is 1.49. The molecule has 6 heteroatoms. The summed E-state index contributed by atoms with van der Waals surface area (Å²) in [6.45, 7) is 1.03. The van der Waals surface area contributed by atoms with Crippen LogP contribution in [0, 0.1) is 0 Å². The number of benzene rings is 1. The van der Waals surface area contributed by atoms with Crippen molar-refractivity contribution in [3.05, 3.63) is 35.9 Å². The van der Waals surface area contributed by atoms with Gasteiger partial charge in [-0.25, -0.2) is 0 Å². The van der Waals surface area contributed by atoms with Crippen LogP contribution in [0.15, 0.2) is 34.7 Å². The van der Waals surface area contributed by atoms with Gasteiger partial charge in [-0.1, -0.05) is 53.4 Å². The fraction of sp³-hybridized carbons (Fsp3) is 0.385. The lowest BCUT2D eigenvalue weighted by Crippen LogP contribution is -1.98. The van der Waals surface area contributed by atoms with E-state index in [0.29, 0.717) is 0 Å². The molecule has 0 bridgehead atoms. The summed E-state index contributed by atoms with van der Waals surface area (Å²) < 4.78 is 0.980. The molecule has 102 valence electrons. The van der Waals surface area contributed by atoms with Crippen molar-refractivity contribution in [2.75, 3.05) is 17.7 Å². The number of aliphatic hydroxyl groups excluding tert-OH is 1. The summed E-state index contributed by atoms with van der Waals surface area (Å²) in [5.74, 6) is 0.980. The molecule has 0 saturated heterocycles. The highest BCUT2D eigenvalue weighted by atomic mass is 32.2. The SMILES string of the molecule is OCCCCSc1nnc(NCc2ccccc2)s1. The molecule has 0 saturated carbocycles. The van der Waals surface area contributed by atoms with Crippen molar-refractivity contribution in [3.8, 4) is 0 Å². The van der Waals surface area contributed by atoms with Crippen LogP contribution in [0.3, 0.4) is 0 Å². The van der Waals surface area contributed by atoms with E-state index in [-0.39, 0.29) is 6.61 Å². The molecule has 4 nitrogen and oxygen atoms in total. The van der Waals surface area contributed by atoms with Crippen LogP contribution < -0.4 is 5.32 Å². The lowest BCUT2D eigenvalue weighted by molar-refractivity contribution is 0.287. The zero-order chi connectivity index (χ0) is 13.3. The summed E-state index contributed by atoms with van der Waals surface area (Å²) in [5.41, 5.74) is 1.23. The summed E-state index contributed by atoms with van der Waals surface area (Å²) in [6.07, 6.45) is 1.86. The van der Waals surface area contributed by atoms with Gasteiger partial charge in [0.15, 0.2) is 4.34 Å². The molecule has 0 spiro atoms. The van der Waals surface area contributed by atoms with E-state index in [4.69, 9.17) is 5.11 Å². The van der Waals surface area contributed by atoms with Crippen LogP contribution in [-0.4, -0.2) is 27.7 Å². The minimum absolute atomic E-state index is 0.264. The first-order valence-corrected chi connectivity index (χ1v) is 8.03. The summed E-state index contributed by atoms with van der Waals surface area (Å²) >= 11 is 3.27. The highest BCUT2D eigenvalue weighted by Gasteiger charge is 2.04. The van der Waals surface area contributed by atoms with E-state index in [2.05, 4.69) is 27.6 Å². The number of nitrogens with zero attached hydrogens (tertiary/aromatic N) is 2. The van der Waals surface area contributed by atoms with Gasteiger partial charge in [0.1, 0.15) is 0 Å². The third kappa shape index (κ3) is 5.18.